The first-order valence-corrected chi connectivity index (χ1v) is 6.92. The van der Waals surface area contributed by atoms with Crippen LogP contribution < -0.4 is 5.73 Å². The molecule has 1 aromatic carbocycles. The molecule has 1 aliphatic heterocycles. The van der Waals surface area contributed by atoms with E-state index in [9.17, 15) is 0 Å². The Morgan fingerprint density at radius 2 is 1.83 bits per heavy atom. The van der Waals surface area contributed by atoms with Crippen LogP contribution in [0.25, 0.3) is 0 Å². The van der Waals surface area contributed by atoms with Crippen LogP contribution in [-0.2, 0) is 13.1 Å². The molecule has 0 radical (unpaired) electrons. The van der Waals surface area contributed by atoms with Gasteiger partial charge in [0.05, 0.1) is 0 Å². The van der Waals surface area contributed by atoms with Crippen molar-refractivity contribution in [2.45, 2.75) is 40.8 Å². The average Bonchev–Trinajstić information content (AvgIpc) is 2.67. The van der Waals surface area contributed by atoms with E-state index in [1.807, 2.05) is 6.07 Å². The fourth-order valence-electron chi connectivity index (χ4n) is 3.69. The molecule has 0 spiro atoms. The Balaban J connectivity index is 1.72. The SMILES string of the molecule is CC1(C)C(CN2Cc3cccc(N)c3C2)C1(C)C. The summed E-state index contributed by atoms with van der Waals surface area (Å²) in [5.41, 5.74) is 10.8. The van der Waals surface area contributed by atoms with E-state index in [-0.39, 0.29) is 0 Å². The Labute approximate surface area is 110 Å². The molecule has 2 aliphatic rings. The summed E-state index contributed by atoms with van der Waals surface area (Å²) in [7, 11) is 0. The van der Waals surface area contributed by atoms with Crippen molar-refractivity contribution in [1.29, 1.82) is 0 Å². The zero-order valence-corrected chi connectivity index (χ0v) is 12.0. The summed E-state index contributed by atoms with van der Waals surface area (Å²) >= 11 is 0. The van der Waals surface area contributed by atoms with Crippen molar-refractivity contribution in [3.05, 3.63) is 29.3 Å². The quantitative estimate of drug-likeness (QED) is 0.809. The highest BCUT2D eigenvalue weighted by Crippen LogP contribution is 2.68. The van der Waals surface area contributed by atoms with Gasteiger partial charge in [0, 0.05) is 25.3 Å². The van der Waals surface area contributed by atoms with Crippen molar-refractivity contribution in [1.82, 2.24) is 4.90 Å². The summed E-state index contributed by atoms with van der Waals surface area (Å²) in [6.07, 6.45) is 0. The van der Waals surface area contributed by atoms with Crippen molar-refractivity contribution < 1.29 is 0 Å². The lowest BCUT2D eigenvalue weighted by Gasteiger charge is -2.16. The molecule has 3 rings (SSSR count). The third-order valence-electron chi connectivity index (χ3n) is 5.85. The number of hydrogen-bond acceptors (Lipinski definition) is 2. The minimum atomic E-state index is 0.479. The van der Waals surface area contributed by atoms with Crippen LogP contribution in [0, 0.1) is 16.7 Å². The second kappa shape index (κ2) is 3.51. The Hall–Kier alpha value is -1.02. The van der Waals surface area contributed by atoms with Gasteiger partial charge in [-0.25, -0.2) is 0 Å². The van der Waals surface area contributed by atoms with Crippen molar-refractivity contribution in [2.75, 3.05) is 12.3 Å². The van der Waals surface area contributed by atoms with Gasteiger partial charge in [-0.2, -0.15) is 0 Å². The van der Waals surface area contributed by atoms with Gasteiger partial charge < -0.3 is 5.73 Å². The summed E-state index contributed by atoms with van der Waals surface area (Å²) in [5.74, 6) is 0.806. The normalized spacial score (nSPS) is 25.1. The zero-order valence-electron chi connectivity index (χ0n) is 12.0. The third-order valence-corrected chi connectivity index (χ3v) is 5.85. The molecule has 2 N–H and O–H groups in total. The predicted octanol–water partition coefficient (Wildman–Crippen LogP) is 3.27. The van der Waals surface area contributed by atoms with Crippen LogP contribution in [0.15, 0.2) is 18.2 Å². The minimum Gasteiger partial charge on any atom is -0.398 e. The predicted molar refractivity (Wildman–Crippen MR) is 76.0 cm³/mol. The summed E-state index contributed by atoms with van der Waals surface area (Å²) in [6.45, 7) is 12.9. The van der Waals surface area contributed by atoms with Gasteiger partial charge in [0.2, 0.25) is 0 Å². The van der Waals surface area contributed by atoms with E-state index >= 15 is 0 Å². The smallest absolute Gasteiger partial charge is 0.0363 e. The average molecular weight is 244 g/mol. The molecule has 1 aromatic rings. The molecule has 98 valence electrons. The molecule has 0 atom stereocenters. The lowest BCUT2D eigenvalue weighted by Crippen LogP contribution is -2.21. The van der Waals surface area contributed by atoms with Gasteiger partial charge >= 0.3 is 0 Å². The van der Waals surface area contributed by atoms with Gasteiger partial charge in [-0.3, -0.25) is 4.90 Å². The van der Waals surface area contributed by atoms with Gasteiger partial charge in [-0.1, -0.05) is 39.8 Å². The lowest BCUT2D eigenvalue weighted by atomic mass is 10.0. The van der Waals surface area contributed by atoms with E-state index in [2.05, 4.69) is 44.7 Å². The molecule has 0 aromatic heterocycles. The number of hydrogen-bond donors (Lipinski definition) is 1. The van der Waals surface area contributed by atoms with E-state index in [1.165, 1.54) is 17.7 Å². The van der Waals surface area contributed by atoms with Crippen molar-refractivity contribution in [3.63, 3.8) is 0 Å². The monoisotopic (exact) mass is 244 g/mol. The summed E-state index contributed by atoms with van der Waals surface area (Å²) in [6, 6.07) is 6.31. The molecule has 0 bridgehead atoms. The minimum absolute atomic E-state index is 0.479. The number of rotatable bonds is 2. The first kappa shape index (κ1) is 12.0. The van der Waals surface area contributed by atoms with E-state index in [0.717, 1.165) is 24.7 Å². The number of nitrogens with two attached hydrogens (primary N) is 1. The fourth-order valence-corrected chi connectivity index (χ4v) is 3.69. The fraction of sp³-hybridized carbons (Fsp3) is 0.625. The first-order valence-electron chi connectivity index (χ1n) is 6.92. The van der Waals surface area contributed by atoms with E-state index < -0.39 is 0 Å². The number of benzene rings is 1. The van der Waals surface area contributed by atoms with Crippen LogP contribution in [0.3, 0.4) is 0 Å². The van der Waals surface area contributed by atoms with Crippen LogP contribution in [0.1, 0.15) is 38.8 Å². The molecule has 1 saturated carbocycles. The molecule has 2 heteroatoms. The second-order valence-corrected chi connectivity index (χ2v) is 7.15. The third kappa shape index (κ3) is 1.51. The Morgan fingerprint density at radius 1 is 1.17 bits per heavy atom. The molecule has 0 unspecified atom stereocenters. The van der Waals surface area contributed by atoms with Crippen LogP contribution in [0.2, 0.25) is 0 Å². The van der Waals surface area contributed by atoms with Crippen molar-refractivity contribution in [3.8, 4) is 0 Å². The maximum Gasteiger partial charge on any atom is 0.0363 e. The van der Waals surface area contributed by atoms with Gasteiger partial charge in [0.1, 0.15) is 0 Å². The van der Waals surface area contributed by atoms with Gasteiger partial charge in [0.15, 0.2) is 0 Å². The first-order chi connectivity index (χ1) is 8.34. The van der Waals surface area contributed by atoms with E-state index in [0.29, 0.717) is 10.8 Å². The summed E-state index contributed by atoms with van der Waals surface area (Å²) in [5, 5.41) is 0. The number of nitrogen functional groups attached to an aromatic ring is 1. The molecule has 2 nitrogen and oxygen atoms in total. The zero-order chi connectivity index (χ0) is 13.1. The van der Waals surface area contributed by atoms with Crippen molar-refractivity contribution in [2.24, 2.45) is 16.7 Å². The Kier molecular flexibility index (Phi) is 2.34. The molecule has 1 heterocycles. The molecular formula is C16H24N2. The summed E-state index contributed by atoms with van der Waals surface area (Å²) in [4.78, 5) is 2.56. The number of fused-ring (bicyclic) bond motifs is 1. The highest BCUT2D eigenvalue weighted by atomic mass is 15.2. The standard InChI is InChI=1S/C16H24N2/c1-15(2)14(16(15,3)4)10-18-8-11-6-5-7-13(17)12(11)9-18/h5-7,14H,8-10,17H2,1-4H3. The van der Waals surface area contributed by atoms with E-state index in [4.69, 9.17) is 5.73 Å². The Bertz CT molecular complexity index is 474. The molecule has 18 heavy (non-hydrogen) atoms. The lowest BCUT2D eigenvalue weighted by molar-refractivity contribution is 0.253. The second-order valence-electron chi connectivity index (χ2n) is 7.15. The highest BCUT2D eigenvalue weighted by Gasteiger charge is 2.64. The Morgan fingerprint density at radius 3 is 2.39 bits per heavy atom. The van der Waals surface area contributed by atoms with Gasteiger partial charge in [0.25, 0.3) is 0 Å². The number of nitrogens with zero attached hydrogens (tertiary/aromatic N) is 1. The van der Waals surface area contributed by atoms with Crippen LogP contribution >= 0.6 is 0 Å². The maximum atomic E-state index is 6.06. The molecule has 1 aliphatic carbocycles. The molecule has 0 saturated heterocycles. The van der Waals surface area contributed by atoms with Gasteiger partial charge in [-0.15, -0.1) is 0 Å². The largest absolute Gasteiger partial charge is 0.398 e. The van der Waals surface area contributed by atoms with Gasteiger partial charge in [-0.05, 0) is 33.9 Å². The number of anilines is 1. The molecule has 1 fully saturated rings. The summed E-state index contributed by atoms with van der Waals surface area (Å²) < 4.78 is 0. The van der Waals surface area contributed by atoms with Crippen molar-refractivity contribution >= 4 is 5.69 Å². The van der Waals surface area contributed by atoms with Crippen LogP contribution in [0.4, 0.5) is 5.69 Å². The van der Waals surface area contributed by atoms with E-state index in [1.54, 1.807) is 0 Å². The topological polar surface area (TPSA) is 29.3 Å². The van der Waals surface area contributed by atoms with Crippen LogP contribution in [0.5, 0.6) is 0 Å². The maximum absolute atomic E-state index is 6.06. The molecular weight excluding hydrogens is 220 g/mol. The highest BCUT2D eigenvalue weighted by molar-refractivity contribution is 5.52. The van der Waals surface area contributed by atoms with Crippen LogP contribution in [-0.4, -0.2) is 11.4 Å². The molecule has 0 amide bonds.